The molecule has 0 amide bonds. The highest BCUT2D eigenvalue weighted by Gasteiger charge is 2.08. The van der Waals surface area contributed by atoms with Crippen LogP contribution in [0.15, 0.2) is 36.7 Å². The van der Waals surface area contributed by atoms with Crippen LogP contribution >= 0.6 is 0 Å². The Kier molecular flexibility index (Phi) is 4.23. The number of Topliss-reactive ketones (excluding diaryl/α,β-unsaturated/α-hetero) is 1. The predicted octanol–water partition coefficient (Wildman–Crippen LogP) is 3.05. The van der Waals surface area contributed by atoms with Gasteiger partial charge in [-0.15, -0.1) is 0 Å². The van der Waals surface area contributed by atoms with Gasteiger partial charge in [-0.3, -0.25) is 0 Å². The number of hydrogen-bond acceptors (Lipinski definition) is 4. The Labute approximate surface area is 112 Å². The van der Waals surface area contributed by atoms with Gasteiger partial charge in [-0.1, -0.05) is 18.2 Å². The number of aryl methyl sites for hydroxylation is 2. The van der Waals surface area contributed by atoms with E-state index in [9.17, 15) is 4.79 Å². The fraction of sp³-hybridized carbons (Fsp3) is 0.267. The van der Waals surface area contributed by atoms with Crippen LogP contribution in [-0.2, 0) is 11.2 Å². The van der Waals surface area contributed by atoms with Crippen LogP contribution < -0.4 is 5.32 Å². The first-order valence-electron chi connectivity index (χ1n) is 6.29. The molecule has 1 heterocycles. The number of rotatable bonds is 5. The number of carbonyl (C=O) groups is 1. The van der Waals surface area contributed by atoms with E-state index in [1.54, 1.807) is 25.4 Å². The van der Waals surface area contributed by atoms with E-state index in [2.05, 4.69) is 15.3 Å². The molecule has 0 unspecified atom stereocenters. The van der Waals surface area contributed by atoms with Crippen molar-refractivity contribution in [3.8, 4) is 0 Å². The van der Waals surface area contributed by atoms with Gasteiger partial charge in [0.1, 0.15) is 5.78 Å². The van der Waals surface area contributed by atoms with Crippen LogP contribution in [0.2, 0.25) is 0 Å². The Morgan fingerprint density at radius 2 is 1.95 bits per heavy atom. The quantitative estimate of drug-likeness (QED) is 0.892. The summed E-state index contributed by atoms with van der Waals surface area (Å²) in [4.78, 5) is 19.5. The van der Waals surface area contributed by atoms with Gasteiger partial charge >= 0.3 is 0 Å². The minimum atomic E-state index is 0.198. The molecule has 0 saturated heterocycles. The van der Waals surface area contributed by atoms with Crippen molar-refractivity contribution in [2.24, 2.45) is 0 Å². The van der Waals surface area contributed by atoms with E-state index >= 15 is 0 Å². The first-order chi connectivity index (χ1) is 9.16. The minimum Gasteiger partial charge on any atom is -0.324 e. The normalized spacial score (nSPS) is 10.2. The molecule has 98 valence electrons. The third kappa shape index (κ3) is 3.61. The highest BCUT2D eigenvalue weighted by Crippen LogP contribution is 2.24. The van der Waals surface area contributed by atoms with Gasteiger partial charge in [0.2, 0.25) is 5.95 Å². The highest BCUT2D eigenvalue weighted by atomic mass is 16.1. The van der Waals surface area contributed by atoms with Crippen LogP contribution in [0.4, 0.5) is 11.6 Å². The van der Waals surface area contributed by atoms with Gasteiger partial charge in [-0.2, -0.15) is 0 Å². The van der Waals surface area contributed by atoms with Gasteiger partial charge in [0, 0.05) is 24.5 Å². The molecule has 1 aromatic heterocycles. The largest absolute Gasteiger partial charge is 0.324 e. The third-order valence-electron chi connectivity index (χ3n) is 2.91. The number of benzene rings is 1. The number of hydrogen-bond donors (Lipinski definition) is 1. The molecule has 0 fully saturated rings. The summed E-state index contributed by atoms with van der Waals surface area (Å²) >= 11 is 0. The van der Waals surface area contributed by atoms with E-state index in [1.807, 2.05) is 25.1 Å². The zero-order chi connectivity index (χ0) is 13.7. The summed E-state index contributed by atoms with van der Waals surface area (Å²) < 4.78 is 0. The van der Waals surface area contributed by atoms with Crippen LogP contribution in [0.1, 0.15) is 24.5 Å². The molecule has 2 aromatic rings. The van der Waals surface area contributed by atoms with Crippen LogP contribution in [0.3, 0.4) is 0 Å². The lowest BCUT2D eigenvalue weighted by Crippen LogP contribution is -2.03. The summed E-state index contributed by atoms with van der Waals surface area (Å²) in [5.41, 5.74) is 3.23. The molecule has 2 rings (SSSR count). The third-order valence-corrected chi connectivity index (χ3v) is 2.91. The van der Waals surface area contributed by atoms with Crippen molar-refractivity contribution in [3.05, 3.63) is 47.8 Å². The highest BCUT2D eigenvalue weighted by molar-refractivity contribution is 5.76. The number of para-hydroxylation sites is 1. The standard InChI is InChI=1S/C15H17N3O/c1-11-5-3-6-13(8-7-12(2)19)14(11)18-15-16-9-4-10-17-15/h3-6,9-10H,7-8H2,1-2H3,(H,16,17,18). The predicted molar refractivity (Wildman–Crippen MR) is 75.5 cm³/mol. The first kappa shape index (κ1) is 13.2. The summed E-state index contributed by atoms with van der Waals surface area (Å²) in [6, 6.07) is 7.84. The summed E-state index contributed by atoms with van der Waals surface area (Å²) in [6.07, 6.45) is 4.67. The van der Waals surface area contributed by atoms with Crippen LogP contribution in [0, 0.1) is 6.92 Å². The van der Waals surface area contributed by atoms with Crippen molar-refractivity contribution in [1.29, 1.82) is 0 Å². The molecule has 0 radical (unpaired) electrons. The molecule has 0 bridgehead atoms. The van der Waals surface area contributed by atoms with E-state index in [0.717, 1.165) is 23.2 Å². The molecule has 0 spiro atoms. The lowest BCUT2D eigenvalue weighted by atomic mass is 10.0. The van der Waals surface area contributed by atoms with Crippen molar-refractivity contribution in [2.75, 3.05) is 5.32 Å². The van der Waals surface area contributed by atoms with Crippen molar-refractivity contribution in [2.45, 2.75) is 26.7 Å². The molecule has 4 nitrogen and oxygen atoms in total. The minimum absolute atomic E-state index is 0.198. The fourth-order valence-electron chi connectivity index (χ4n) is 1.90. The maximum Gasteiger partial charge on any atom is 0.227 e. The number of nitrogens with one attached hydrogen (secondary N) is 1. The Morgan fingerprint density at radius 1 is 1.21 bits per heavy atom. The second kappa shape index (κ2) is 6.09. The van der Waals surface area contributed by atoms with E-state index < -0.39 is 0 Å². The van der Waals surface area contributed by atoms with E-state index in [-0.39, 0.29) is 5.78 Å². The van der Waals surface area contributed by atoms with Crippen molar-refractivity contribution >= 4 is 17.4 Å². The summed E-state index contributed by atoms with van der Waals surface area (Å²) in [5, 5.41) is 3.23. The average Bonchev–Trinajstić information content (AvgIpc) is 2.40. The second-order valence-corrected chi connectivity index (χ2v) is 4.51. The zero-order valence-corrected chi connectivity index (χ0v) is 11.2. The lowest BCUT2D eigenvalue weighted by molar-refractivity contribution is -0.116. The molecular formula is C15H17N3O. The molecule has 0 atom stereocenters. The second-order valence-electron chi connectivity index (χ2n) is 4.51. The molecule has 1 N–H and O–H groups in total. The van der Waals surface area contributed by atoms with Gasteiger partial charge in [-0.25, -0.2) is 9.97 Å². The molecule has 4 heteroatoms. The van der Waals surface area contributed by atoms with Crippen molar-refractivity contribution < 1.29 is 4.79 Å². The Morgan fingerprint density at radius 3 is 2.63 bits per heavy atom. The average molecular weight is 255 g/mol. The topological polar surface area (TPSA) is 54.9 Å². The maximum atomic E-state index is 11.1. The lowest BCUT2D eigenvalue weighted by Gasteiger charge is -2.13. The summed E-state index contributed by atoms with van der Waals surface area (Å²) in [6.45, 7) is 3.64. The summed E-state index contributed by atoms with van der Waals surface area (Å²) in [5.74, 6) is 0.768. The summed E-state index contributed by atoms with van der Waals surface area (Å²) in [7, 11) is 0. The molecule has 0 aliphatic heterocycles. The van der Waals surface area contributed by atoms with Crippen LogP contribution in [0.5, 0.6) is 0 Å². The molecule has 1 aromatic carbocycles. The Balaban J connectivity index is 2.25. The Hall–Kier alpha value is -2.23. The number of ketones is 1. The van der Waals surface area contributed by atoms with Gasteiger partial charge in [0.05, 0.1) is 0 Å². The van der Waals surface area contributed by atoms with Gasteiger partial charge in [-0.05, 0) is 37.5 Å². The Bertz CT molecular complexity index is 567. The molecule has 19 heavy (non-hydrogen) atoms. The zero-order valence-electron chi connectivity index (χ0n) is 11.2. The van der Waals surface area contributed by atoms with Gasteiger partial charge in [0.25, 0.3) is 0 Å². The first-order valence-corrected chi connectivity index (χ1v) is 6.29. The van der Waals surface area contributed by atoms with Gasteiger partial charge < -0.3 is 10.1 Å². The van der Waals surface area contributed by atoms with Gasteiger partial charge in [0.15, 0.2) is 0 Å². The molecular weight excluding hydrogens is 238 g/mol. The number of nitrogens with zero attached hydrogens (tertiary/aromatic N) is 2. The molecule has 0 saturated carbocycles. The smallest absolute Gasteiger partial charge is 0.227 e. The van der Waals surface area contributed by atoms with E-state index in [0.29, 0.717) is 12.4 Å². The van der Waals surface area contributed by atoms with Crippen LogP contribution in [0.25, 0.3) is 0 Å². The van der Waals surface area contributed by atoms with E-state index in [4.69, 9.17) is 0 Å². The number of carbonyl (C=O) groups excluding carboxylic acids is 1. The fourth-order valence-corrected chi connectivity index (χ4v) is 1.90. The SMILES string of the molecule is CC(=O)CCc1cccc(C)c1Nc1ncccn1. The molecule has 0 aliphatic carbocycles. The van der Waals surface area contributed by atoms with E-state index in [1.165, 1.54) is 0 Å². The monoisotopic (exact) mass is 255 g/mol. The maximum absolute atomic E-state index is 11.1. The molecule has 0 aliphatic rings. The van der Waals surface area contributed by atoms with Crippen LogP contribution in [-0.4, -0.2) is 15.8 Å². The number of anilines is 2. The number of aromatic nitrogens is 2. The van der Waals surface area contributed by atoms with Crippen molar-refractivity contribution in [1.82, 2.24) is 9.97 Å². The van der Waals surface area contributed by atoms with Crippen molar-refractivity contribution in [3.63, 3.8) is 0 Å².